The summed E-state index contributed by atoms with van der Waals surface area (Å²) in [7, 11) is 3.47. The van der Waals surface area contributed by atoms with Gasteiger partial charge in [0, 0.05) is 34.1 Å². The maximum atomic E-state index is 12.3. The SMILES string of the molecule is Cc1nc(C)c(C(=O)N2CC[C@H](C(=O)N(C)C)C2)o1. The maximum absolute atomic E-state index is 12.3. The van der Waals surface area contributed by atoms with Crippen LogP contribution in [-0.4, -0.2) is 53.8 Å². The summed E-state index contributed by atoms with van der Waals surface area (Å²) >= 11 is 0. The number of nitrogens with zero attached hydrogens (tertiary/aromatic N) is 3. The molecule has 0 aromatic carbocycles. The summed E-state index contributed by atoms with van der Waals surface area (Å²) < 4.78 is 5.33. The molecule has 0 N–H and O–H groups in total. The summed E-state index contributed by atoms with van der Waals surface area (Å²) in [4.78, 5) is 31.5. The van der Waals surface area contributed by atoms with Crippen LogP contribution >= 0.6 is 0 Å². The van der Waals surface area contributed by atoms with Crippen LogP contribution in [0.25, 0.3) is 0 Å². The third-order valence-corrected chi connectivity index (χ3v) is 3.36. The third-order valence-electron chi connectivity index (χ3n) is 3.36. The maximum Gasteiger partial charge on any atom is 0.291 e. The summed E-state index contributed by atoms with van der Waals surface area (Å²) in [5.74, 6) is 0.563. The van der Waals surface area contributed by atoms with Gasteiger partial charge in [0.1, 0.15) is 0 Å². The van der Waals surface area contributed by atoms with Crippen LogP contribution < -0.4 is 0 Å². The van der Waals surface area contributed by atoms with Crippen molar-refractivity contribution in [3.05, 3.63) is 17.3 Å². The Morgan fingerprint density at radius 3 is 2.58 bits per heavy atom. The summed E-state index contributed by atoms with van der Waals surface area (Å²) in [6.45, 7) is 4.51. The Balaban J connectivity index is 2.07. The van der Waals surface area contributed by atoms with Gasteiger partial charge in [0.05, 0.1) is 11.6 Å². The van der Waals surface area contributed by atoms with Crippen molar-refractivity contribution in [3.8, 4) is 0 Å². The zero-order valence-electron chi connectivity index (χ0n) is 11.8. The molecule has 0 saturated carbocycles. The molecule has 1 aromatic heterocycles. The van der Waals surface area contributed by atoms with E-state index in [-0.39, 0.29) is 23.5 Å². The van der Waals surface area contributed by atoms with E-state index in [0.29, 0.717) is 31.1 Å². The molecule has 0 aliphatic carbocycles. The molecule has 6 nitrogen and oxygen atoms in total. The van der Waals surface area contributed by atoms with E-state index in [2.05, 4.69) is 4.98 Å². The number of aryl methyl sites for hydroxylation is 2. The van der Waals surface area contributed by atoms with E-state index in [1.54, 1.807) is 37.7 Å². The van der Waals surface area contributed by atoms with Gasteiger partial charge in [0.15, 0.2) is 5.89 Å². The molecule has 1 atom stereocenters. The van der Waals surface area contributed by atoms with E-state index in [4.69, 9.17) is 4.42 Å². The summed E-state index contributed by atoms with van der Waals surface area (Å²) in [6.07, 6.45) is 0.703. The molecule has 2 heterocycles. The average molecular weight is 265 g/mol. The molecular weight excluding hydrogens is 246 g/mol. The molecule has 2 amide bonds. The number of carbonyl (C=O) groups is 2. The third kappa shape index (κ3) is 2.62. The number of carbonyl (C=O) groups excluding carboxylic acids is 2. The van der Waals surface area contributed by atoms with E-state index in [1.165, 1.54) is 0 Å². The fourth-order valence-corrected chi connectivity index (χ4v) is 2.38. The fraction of sp³-hybridized carbons (Fsp3) is 0.615. The number of hydrogen-bond acceptors (Lipinski definition) is 4. The van der Waals surface area contributed by atoms with E-state index >= 15 is 0 Å². The van der Waals surface area contributed by atoms with E-state index in [0.717, 1.165) is 0 Å². The lowest BCUT2D eigenvalue weighted by Crippen LogP contribution is -2.34. The Labute approximate surface area is 112 Å². The molecule has 2 rings (SSSR count). The van der Waals surface area contributed by atoms with Crippen LogP contribution in [-0.2, 0) is 4.79 Å². The number of aromatic nitrogens is 1. The van der Waals surface area contributed by atoms with Crippen molar-refractivity contribution in [2.45, 2.75) is 20.3 Å². The fourth-order valence-electron chi connectivity index (χ4n) is 2.38. The summed E-state index contributed by atoms with van der Waals surface area (Å²) in [5.41, 5.74) is 0.602. The number of amides is 2. The lowest BCUT2D eigenvalue weighted by atomic mass is 10.1. The summed E-state index contributed by atoms with van der Waals surface area (Å²) in [5, 5.41) is 0. The molecule has 0 spiro atoms. The van der Waals surface area contributed by atoms with Crippen molar-refractivity contribution < 1.29 is 14.0 Å². The van der Waals surface area contributed by atoms with Crippen LogP contribution in [0.4, 0.5) is 0 Å². The molecule has 19 heavy (non-hydrogen) atoms. The highest BCUT2D eigenvalue weighted by atomic mass is 16.4. The van der Waals surface area contributed by atoms with Crippen molar-refractivity contribution in [1.82, 2.24) is 14.8 Å². The van der Waals surface area contributed by atoms with Gasteiger partial charge >= 0.3 is 0 Å². The van der Waals surface area contributed by atoms with E-state index in [1.807, 2.05) is 0 Å². The Morgan fingerprint density at radius 2 is 2.05 bits per heavy atom. The highest BCUT2D eigenvalue weighted by Crippen LogP contribution is 2.21. The van der Waals surface area contributed by atoms with Gasteiger partial charge in [-0.15, -0.1) is 0 Å². The predicted molar refractivity (Wildman–Crippen MR) is 68.7 cm³/mol. The van der Waals surface area contributed by atoms with E-state index in [9.17, 15) is 9.59 Å². The van der Waals surface area contributed by atoms with Crippen molar-refractivity contribution in [1.29, 1.82) is 0 Å². The van der Waals surface area contributed by atoms with Gasteiger partial charge in [0.2, 0.25) is 11.7 Å². The standard InChI is InChI=1S/C13H19N3O3/c1-8-11(19-9(2)14-8)13(18)16-6-5-10(7-16)12(17)15(3)4/h10H,5-7H2,1-4H3/t10-/m0/s1. The van der Waals surface area contributed by atoms with E-state index < -0.39 is 0 Å². The molecule has 1 aromatic rings. The quantitative estimate of drug-likeness (QED) is 0.794. The van der Waals surface area contributed by atoms with Gasteiger partial charge in [-0.3, -0.25) is 9.59 Å². The first kappa shape index (κ1) is 13.6. The molecule has 0 bridgehead atoms. The number of hydrogen-bond donors (Lipinski definition) is 0. The van der Waals surface area contributed by atoms with Crippen LogP contribution in [0.3, 0.4) is 0 Å². The smallest absolute Gasteiger partial charge is 0.291 e. The first-order chi connectivity index (χ1) is 8.90. The molecular formula is C13H19N3O3. The summed E-state index contributed by atoms with van der Waals surface area (Å²) in [6, 6.07) is 0. The Kier molecular flexibility index (Phi) is 3.59. The number of oxazole rings is 1. The highest BCUT2D eigenvalue weighted by Gasteiger charge is 2.34. The lowest BCUT2D eigenvalue weighted by Gasteiger charge is -2.17. The zero-order valence-corrected chi connectivity index (χ0v) is 11.8. The second-order valence-electron chi connectivity index (χ2n) is 5.12. The Bertz CT molecular complexity index is 507. The van der Waals surface area contributed by atoms with Crippen molar-refractivity contribution in [2.75, 3.05) is 27.2 Å². The second kappa shape index (κ2) is 5.03. The first-order valence-corrected chi connectivity index (χ1v) is 6.34. The minimum Gasteiger partial charge on any atom is -0.436 e. The van der Waals surface area contributed by atoms with Crippen LogP contribution in [0.15, 0.2) is 4.42 Å². The molecule has 1 fully saturated rings. The molecule has 1 aliphatic heterocycles. The van der Waals surface area contributed by atoms with Crippen molar-refractivity contribution in [2.24, 2.45) is 5.92 Å². The van der Waals surface area contributed by atoms with Crippen molar-refractivity contribution in [3.63, 3.8) is 0 Å². The predicted octanol–water partition coefficient (Wildman–Crippen LogP) is 0.842. The molecule has 0 unspecified atom stereocenters. The van der Waals surface area contributed by atoms with Crippen LogP contribution in [0.2, 0.25) is 0 Å². The van der Waals surface area contributed by atoms with Gasteiger partial charge in [0.25, 0.3) is 5.91 Å². The highest BCUT2D eigenvalue weighted by molar-refractivity contribution is 5.93. The zero-order chi connectivity index (χ0) is 14.2. The molecule has 1 saturated heterocycles. The molecule has 104 valence electrons. The van der Waals surface area contributed by atoms with Crippen LogP contribution in [0.5, 0.6) is 0 Å². The molecule has 1 aliphatic rings. The van der Waals surface area contributed by atoms with Gasteiger partial charge in [-0.05, 0) is 13.3 Å². The topological polar surface area (TPSA) is 66.7 Å². The van der Waals surface area contributed by atoms with Gasteiger partial charge < -0.3 is 14.2 Å². The lowest BCUT2D eigenvalue weighted by molar-refractivity contribution is -0.132. The van der Waals surface area contributed by atoms with Gasteiger partial charge in [-0.1, -0.05) is 0 Å². The van der Waals surface area contributed by atoms with Crippen LogP contribution in [0.1, 0.15) is 28.6 Å². The normalized spacial score (nSPS) is 18.7. The molecule has 6 heteroatoms. The number of rotatable bonds is 2. The van der Waals surface area contributed by atoms with Crippen molar-refractivity contribution >= 4 is 11.8 Å². The minimum atomic E-state index is -0.174. The monoisotopic (exact) mass is 265 g/mol. The largest absolute Gasteiger partial charge is 0.436 e. The minimum absolute atomic E-state index is 0.0702. The Hall–Kier alpha value is -1.85. The first-order valence-electron chi connectivity index (χ1n) is 6.34. The molecule has 0 radical (unpaired) electrons. The van der Waals surface area contributed by atoms with Crippen LogP contribution in [0, 0.1) is 19.8 Å². The van der Waals surface area contributed by atoms with Gasteiger partial charge in [-0.2, -0.15) is 0 Å². The average Bonchev–Trinajstić information content (AvgIpc) is 2.94. The Morgan fingerprint density at radius 1 is 1.37 bits per heavy atom. The number of likely N-dealkylation sites (tertiary alicyclic amines) is 1. The second-order valence-corrected chi connectivity index (χ2v) is 5.12. The van der Waals surface area contributed by atoms with Gasteiger partial charge in [-0.25, -0.2) is 4.98 Å².